The molecule has 0 spiro atoms. The fraction of sp³-hybridized carbons (Fsp3) is 0. The van der Waals surface area contributed by atoms with E-state index in [0.717, 1.165) is 20.2 Å². The fourth-order valence-corrected chi connectivity index (χ4v) is 3.30. The lowest BCUT2D eigenvalue weighted by atomic mass is 10.1. The van der Waals surface area contributed by atoms with Crippen molar-refractivity contribution in [3.63, 3.8) is 0 Å². The predicted molar refractivity (Wildman–Crippen MR) is 79.1 cm³/mol. The number of aromatic nitrogens is 1. The first-order valence-corrected chi connectivity index (χ1v) is 6.86. The molecule has 84 valence electrons. The van der Waals surface area contributed by atoms with Crippen LogP contribution in [0.3, 0.4) is 0 Å². The van der Waals surface area contributed by atoms with E-state index in [4.69, 9.17) is 0 Å². The van der Waals surface area contributed by atoms with E-state index in [0.29, 0.717) is 0 Å². The molecular formula is C14H9Br2N. The quantitative estimate of drug-likeness (QED) is 0.608. The summed E-state index contributed by atoms with van der Waals surface area (Å²) >= 11 is 7.08. The van der Waals surface area contributed by atoms with Gasteiger partial charge in [0.1, 0.15) is 0 Å². The topological polar surface area (TPSA) is 15.8 Å². The first-order chi connectivity index (χ1) is 8.24. The van der Waals surface area contributed by atoms with Crippen molar-refractivity contribution in [3.8, 4) is 11.3 Å². The summed E-state index contributed by atoms with van der Waals surface area (Å²) in [5, 5.41) is 1.20. The Hall–Kier alpha value is -1.06. The van der Waals surface area contributed by atoms with Crippen LogP contribution >= 0.6 is 31.9 Å². The Labute approximate surface area is 116 Å². The van der Waals surface area contributed by atoms with Crippen LogP contribution in [0.15, 0.2) is 57.5 Å². The number of halogens is 2. The SMILES string of the molecule is Brc1cc(Br)c2[nH]c(-c3ccccc3)cc2c1. The van der Waals surface area contributed by atoms with Crippen LogP contribution in [0.25, 0.3) is 22.2 Å². The zero-order valence-corrected chi connectivity index (χ0v) is 12.0. The van der Waals surface area contributed by atoms with E-state index in [1.807, 2.05) is 24.3 Å². The summed E-state index contributed by atoms with van der Waals surface area (Å²) in [7, 11) is 0. The molecule has 1 N–H and O–H groups in total. The smallest absolute Gasteiger partial charge is 0.0603 e. The Morgan fingerprint density at radius 3 is 2.41 bits per heavy atom. The molecule has 1 heterocycles. The Morgan fingerprint density at radius 2 is 1.65 bits per heavy atom. The fourth-order valence-electron chi connectivity index (χ4n) is 1.94. The molecule has 0 radical (unpaired) electrons. The number of H-pyrrole nitrogens is 1. The summed E-state index contributed by atoms with van der Waals surface area (Å²) in [5.41, 5.74) is 3.47. The van der Waals surface area contributed by atoms with Gasteiger partial charge in [0.25, 0.3) is 0 Å². The maximum Gasteiger partial charge on any atom is 0.0603 e. The first kappa shape index (κ1) is 11.1. The maximum absolute atomic E-state index is 3.57. The Morgan fingerprint density at radius 1 is 0.882 bits per heavy atom. The molecule has 0 bridgehead atoms. The van der Waals surface area contributed by atoms with Crippen molar-refractivity contribution in [1.29, 1.82) is 0 Å². The molecule has 0 aliphatic heterocycles. The molecule has 0 aliphatic rings. The predicted octanol–water partition coefficient (Wildman–Crippen LogP) is 5.36. The number of nitrogens with one attached hydrogen (secondary N) is 1. The molecule has 0 atom stereocenters. The van der Waals surface area contributed by atoms with E-state index in [1.54, 1.807) is 0 Å². The zero-order valence-electron chi connectivity index (χ0n) is 8.87. The van der Waals surface area contributed by atoms with Gasteiger partial charge in [0.15, 0.2) is 0 Å². The van der Waals surface area contributed by atoms with Gasteiger partial charge in [-0.15, -0.1) is 0 Å². The lowest BCUT2D eigenvalue weighted by Crippen LogP contribution is -1.75. The number of hydrogen-bond donors (Lipinski definition) is 1. The zero-order chi connectivity index (χ0) is 11.8. The molecule has 1 nitrogen and oxygen atoms in total. The Bertz CT molecular complexity index is 671. The minimum Gasteiger partial charge on any atom is -0.354 e. The van der Waals surface area contributed by atoms with E-state index in [9.17, 15) is 0 Å². The van der Waals surface area contributed by atoms with Crippen LogP contribution < -0.4 is 0 Å². The number of fused-ring (bicyclic) bond motifs is 1. The summed E-state index contributed by atoms with van der Waals surface area (Å²) in [6.45, 7) is 0. The van der Waals surface area contributed by atoms with Crippen LogP contribution in [0.1, 0.15) is 0 Å². The van der Waals surface area contributed by atoms with E-state index < -0.39 is 0 Å². The van der Waals surface area contributed by atoms with Crippen molar-refractivity contribution in [2.24, 2.45) is 0 Å². The highest BCUT2D eigenvalue weighted by Gasteiger charge is 2.06. The van der Waals surface area contributed by atoms with Crippen molar-refractivity contribution < 1.29 is 0 Å². The van der Waals surface area contributed by atoms with Crippen molar-refractivity contribution >= 4 is 42.8 Å². The third-order valence-electron chi connectivity index (χ3n) is 2.73. The van der Waals surface area contributed by atoms with Crippen molar-refractivity contribution in [3.05, 3.63) is 57.5 Å². The molecule has 2 aromatic carbocycles. The first-order valence-electron chi connectivity index (χ1n) is 5.27. The monoisotopic (exact) mass is 349 g/mol. The summed E-state index contributed by atoms with van der Waals surface area (Å²) in [6.07, 6.45) is 0. The molecule has 0 saturated carbocycles. The Balaban J connectivity index is 2.24. The van der Waals surface area contributed by atoms with Gasteiger partial charge in [-0.1, -0.05) is 46.3 Å². The molecule has 0 fully saturated rings. The largest absolute Gasteiger partial charge is 0.354 e. The normalized spacial score (nSPS) is 10.9. The highest BCUT2D eigenvalue weighted by Crippen LogP contribution is 2.31. The van der Waals surface area contributed by atoms with Gasteiger partial charge in [-0.2, -0.15) is 0 Å². The lowest BCUT2D eigenvalue weighted by molar-refractivity contribution is 1.44. The number of aromatic amines is 1. The van der Waals surface area contributed by atoms with Gasteiger partial charge >= 0.3 is 0 Å². The van der Waals surface area contributed by atoms with Gasteiger partial charge in [-0.25, -0.2) is 0 Å². The molecule has 0 unspecified atom stereocenters. The van der Waals surface area contributed by atoms with Gasteiger partial charge in [-0.3, -0.25) is 0 Å². The Kier molecular flexibility index (Phi) is 2.81. The molecule has 0 saturated heterocycles. The molecule has 3 aromatic rings. The molecule has 17 heavy (non-hydrogen) atoms. The third-order valence-corrected chi connectivity index (χ3v) is 3.81. The van der Waals surface area contributed by atoms with Crippen LogP contribution in [0, 0.1) is 0 Å². The van der Waals surface area contributed by atoms with Crippen LogP contribution in [0.5, 0.6) is 0 Å². The van der Waals surface area contributed by atoms with Gasteiger partial charge in [0.05, 0.1) is 5.52 Å². The number of benzene rings is 2. The third kappa shape index (κ3) is 2.05. The highest BCUT2D eigenvalue weighted by molar-refractivity contribution is 9.11. The second-order valence-corrected chi connectivity index (χ2v) is 5.67. The van der Waals surface area contributed by atoms with Crippen molar-refractivity contribution in [2.45, 2.75) is 0 Å². The molecule has 1 aromatic heterocycles. The number of rotatable bonds is 1. The molecule has 3 rings (SSSR count). The van der Waals surface area contributed by atoms with E-state index in [1.165, 1.54) is 10.9 Å². The summed E-state index contributed by atoms with van der Waals surface area (Å²) in [4.78, 5) is 3.44. The molecule has 0 amide bonds. The van der Waals surface area contributed by atoms with Gasteiger partial charge in [0.2, 0.25) is 0 Å². The van der Waals surface area contributed by atoms with Crippen LogP contribution in [-0.2, 0) is 0 Å². The molecule has 3 heteroatoms. The van der Waals surface area contributed by atoms with Crippen LogP contribution in [0.2, 0.25) is 0 Å². The summed E-state index contributed by atoms with van der Waals surface area (Å²) in [5.74, 6) is 0. The van der Waals surface area contributed by atoms with Gasteiger partial charge < -0.3 is 4.98 Å². The average Bonchev–Trinajstić information content (AvgIpc) is 2.74. The minimum absolute atomic E-state index is 1.07. The second-order valence-electron chi connectivity index (χ2n) is 3.90. The van der Waals surface area contributed by atoms with E-state index >= 15 is 0 Å². The van der Waals surface area contributed by atoms with Crippen LogP contribution in [0.4, 0.5) is 0 Å². The van der Waals surface area contributed by atoms with Crippen molar-refractivity contribution in [1.82, 2.24) is 4.98 Å². The summed E-state index contributed by atoms with van der Waals surface area (Å²) in [6, 6.07) is 16.7. The van der Waals surface area contributed by atoms with E-state index in [2.05, 4.69) is 61.1 Å². The number of hydrogen-bond acceptors (Lipinski definition) is 0. The maximum atomic E-state index is 3.57. The second kappa shape index (κ2) is 4.31. The minimum atomic E-state index is 1.07. The molecule has 0 aliphatic carbocycles. The molecular weight excluding hydrogens is 342 g/mol. The van der Waals surface area contributed by atoms with E-state index in [-0.39, 0.29) is 0 Å². The van der Waals surface area contributed by atoms with Crippen molar-refractivity contribution in [2.75, 3.05) is 0 Å². The highest BCUT2D eigenvalue weighted by atomic mass is 79.9. The average molecular weight is 351 g/mol. The lowest BCUT2D eigenvalue weighted by Gasteiger charge is -1.96. The summed E-state index contributed by atoms with van der Waals surface area (Å²) < 4.78 is 2.15. The van der Waals surface area contributed by atoms with Crippen LogP contribution in [-0.4, -0.2) is 4.98 Å². The van der Waals surface area contributed by atoms with Gasteiger partial charge in [-0.05, 0) is 39.7 Å². The standard InChI is InChI=1S/C14H9Br2N/c15-11-6-10-7-13(9-4-2-1-3-5-9)17-14(10)12(16)8-11/h1-8,17H. The van der Waals surface area contributed by atoms with Gasteiger partial charge in [0, 0.05) is 20.0 Å².